The van der Waals surface area contributed by atoms with E-state index in [0.29, 0.717) is 18.0 Å². The highest BCUT2D eigenvalue weighted by Crippen LogP contribution is 2.26. The summed E-state index contributed by atoms with van der Waals surface area (Å²) in [5, 5.41) is 10.8. The molecule has 202 valence electrons. The van der Waals surface area contributed by atoms with Gasteiger partial charge in [-0.25, -0.2) is 0 Å². The number of guanidine groups is 1. The van der Waals surface area contributed by atoms with Crippen molar-refractivity contribution in [1.82, 2.24) is 5.32 Å². The van der Waals surface area contributed by atoms with Crippen molar-refractivity contribution in [3.63, 3.8) is 0 Å². The molecule has 0 spiro atoms. The second-order valence-electron chi connectivity index (χ2n) is 7.96. The third kappa shape index (κ3) is 9.03. The molecule has 2 rings (SSSR count). The number of nitrogens with two attached hydrogens (primary N) is 2. The van der Waals surface area contributed by atoms with Gasteiger partial charge in [-0.2, -0.15) is 0 Å². The average molecular weight is 538 g/mol. The van der Waals surface area contributed by atoms with Gasteiger partial charge in [-0.05, 0) is 30.7 Å². The van der Waals surface area contributed by atoms with Crippen LogP contribution in [0.3, 0.4) is 0 Å². The second-order valence-corrected chi connectivity index (χ2v) is 8.38. The number of anilines is 1. The topological polar surface area (TPSA) is 195 Å². The van der Waals surface area contributed by atoms with Crippen LogP contribution >= 0.6 is 11.6 Å². The van der Waals surface area contributed by atoms with Crippen LogP contribution < -0.4 is 26.4 Å². The highest BCUT2D eigenvalue weighted by Gasteiger charge is 2.36. The maximum atomic E-state index is 12.7. The zero-order valence-corrected chi connectivity index (χ0v) is 21.7. The molecule has 1 aromatic rings. The van der Waals surface area contributed by atoms with E-state index in [1.54, 1.807) is 24.3 Å². The molecule has 0 fully saturated rings. The SMILES string of the molecule is CCCCN=C(N)NC(=O)C1=NC(Cl)C(=N)N(c2ccc(OCC(COC(C)=O)OC(C)=O)cc2)C1N. The Morgan fingerprint density at radius 1 is 1.22 bits per heavy atom. The van der Waals surface area contributed by atoms with E-state index in [0.717, 1.165) is 12.8 Å². The summed E-state index contributed by atoms with van der Waals surface area (Å²) in [5.74, 6) is -1.50. The molecule has 13 nitrogen and oxygen atoms in total. The number of amides is 1. The molecule has 1 heterocycles. The summed E-state index contributed by atoms with van der Waals surface area (Å²) in [6.45, 7) is 4.75. The number of unbranched alkanes of at least 4 members (excludes halogenated alkanes) is 1. The molecule has 0 saturated heterocycles. The van der Waals surface area contributed by atoms with Crippen LogP contribution in [0.5, 0.6) is 5.75 Å². The number of carbonyl (C=O) groups is 3. The van der Waals surface area contributed by atoms with Crippen molar-refractivity contribution in [3.8, 4) is 5.75 Å². The highest BCUT2D eigenvalue weighted by atomic mass is 35.5. The standard InChI is InChI=1S/C23H32ClN7O6/c1-4-5-10-28-23(27)30-22(34)18-20(25)31(21(26)19(24)29-18)15-6-8-16(9-7-15)36-12-17(37-14(3)33)11-35-13(2)32/h6-9,17,19-20,26H,4-5,10-12,25H2,1-3H3,(H3,27,28,30,34). The molecule has 1 aliphatic rings. The second kappa shape index (κ2) is 14.1. The Morgan fingerprint density at radius 2 is 1.89 bits per heavy atom. The van der Waals surface area contributed by atoms with Gasteiger partial charge in [0, 0.05) is 26.1 Å². The van der Waals surface area contributed by atoms with Gasteiger partial charge in [-0.3, -0.25) is 35.1 Å². The summed E-state index contributed by atoms with van der Waals surface area (Å²) in [4.78, 5) is 44.6. The Morgan fingerprint density at radius 3 is 2.49 bits per heavy atom. The first-order chi connectivity index (χ1) is 17.5. The fraction of sp³-hybridized carbons (Fsp3) is 0.478. The van der Waals surface area contributed by atoms with Gasteiger partial charge in [0.2, 0.25) is 0 Å². The zero-order chi connectivity index (χ0) is 27.5. The first-order valence-electron chi connectivity index (χ1n) is 11.5. The van der Waals surface area contributed by atoms with Crippen LogP contribution in [0.15, 0.2) is 34.3 Å². The first-order valence-corrected chi connectivity index (χ1v) is 12.0. The van der Waals surface area contributed by atoms with Crippen molar-refractivity contribution < 1.29 is 28.6 Å². The largest absolute Gasteiger partial charge is 0.490 e. The van der Waals surface area contributed by atoms with Gasteiger partial charge < -0.3 is 30.6 Å². The molecule has 6 N–H and O–H groups in total. The van der Waals surface area contributed by atoms with Crippen LogP contribution in [-0.2, 0) is 23.9 Å². The van der Waals surface area contributed by atoms with Crippen LogP contribution in [0.25, 0.3) is 0 Å². The molecule has 0 aromatic heterocycles. The summed E-state index contributed by atoms with van der Waals surface area (Å²) in [7, 11) is 0. The van der Waals surface area contributed by atoms with E-state index in [4.69, 9.17) is 42.7 Å². The molecule has 1 aliphatic heterocycles. The predicted molar refractivity (Wildman–Crippen MR) is 139 cm³/mol. The molecule has 37 heavy (non-hydrogen) atoms. The summed E-state index contributed by atoms with van der Waals surface area (Å²) < 4.78 is 15.6. The number of benzene rings is 1. The Balaban J connectivity index is 2.11. The minimum absolute atomic E-state index is 0.0612. The van der Waals surface area contributed by atoms with E-state index in [1.165, 1.54) is 18.7 Å². The minimum Gasteiger partial charge on any atom is -0.490 e. The highest BCUT2D eigenvalue weighted by molar-refractivity contribution is 6.47. The average Bonchev–Trinajstić information content (AvgIpc) is 2.83. The molecule has 0 radical (unpaired) electrons. The first kappa shape index (κ1) is 29.5. The van der Waals surface area contributed by atoms with Crippen molar-refractivity contribution in [3.05, 3.63) is 24.3 Å². The number of amidine groups is 1. The van der Waals surface area contributed by atoms with Crippen molar-refractivity contribution in [2.75, 3.05) is 24.7 Å². The number of hydrogen-bond acceptors (Lipinski definition) is 10. The lowest BCUT2D eigenvalue weighted by molar-refractivity contribution is -0.158. The van der Waals surface area contributed by atoms with Gasteiger partial charge in [0.15, 0.2) is 17.6 Å². The van der Waals surface area contributed by atoms with Gasteiger partial charge in [-0.1, -0.05) is 24.9 Å². The number of nitrogens with zero attached hydrogens (tertiary/aromatic N) is 3. The molecule has 0 saturated carbocycles. The number of aliphatic imine (C=N–C) groups is 2. The number of alkyl halides is 1. The number of carbonyl (C=O) groups excluding carboxylic acids is 3. The quantitative estimate of drug-likeness (QED) is 0.0790. The summed E-state index contributed by atoms with van der Waals surface area (Å²) in [5.41, 5.74) is 11.2. The van der Waals surface area contributed by atoms with Gasteiger partial charge in [-0.15, -0.1) is 0 Å². The van der Waals surface area contributed by atoms with Crippen LogP contribution in [0.1, 0.15) is 33.6 Å². The number of esters is 2. The van der Waals surface area contributed by atoms with Crippen molar-refractivity contribution in [2.24, 2.45) is 21.5 Å². The molecular weight excluding hydrogens is 506 g/mol. The maximum absolute atomic E-state index is 12.7. The molecule has 0 aliphatic carbocycles. The normalized spacial score (nSPS) is 18.5. The fourth-order valence-corrected chi connectivity index (χ4v) is 3.38. The van der Waals surface area contributed by atoms with Crippen LogP contribution in [-0.4, -0.2) is 72.9 Å². The number of halogens is 1. The molecule has 1 aromatic carbocycles. The van der Waals surface area contributed by atoms with E-state index in [9.17, 15) is 14.4 Å². The third-order valence-corrected chi connectivity index (χ3v) is 5.22. The number of rotatable bonds is 11. The summed E-state index contributed by atoms with van der Waals surface area (Å²) in [6.07, 6.45) is -0.160. The Kier molecular flexibility index (Phi) is 11.3. The number of hydrogen-bond donors (Lipinski definition) is 4. The number of ether oxygens (including phenoxy) is 3. The zero-order valence-electron chi connectivity index (χ0n) is 20.9. The molecule has 3 atom stereocenters. The van der Waals surface area contributed by atoms with Crippen LogP contribution in [0.2, 0.25) is 0 Å². The van der Waals surface area contributed by atoms with Crippen LogP contribution in [0, 0.1) is 5.41 Å². The van der Waals surface area contributed by atoms with Gasteiger partial charge in [0.05, 0.1) is 0 Å². The molecule has 0 bridgehead atoms. The van der Waals surface area contributed by atoms with E-state index in [2.05, 4.69) is 15.3 Å². The summed E-state index contributed by atoms with van der Waals surface area (Å²) in [6, 6.07) is 6.42. The van der Waals surface area contributed by atoms with E-state index >= 15 is 0 Å². The van der Waals surface area contributed by atoms with Crippen molar-refractivity contribution >= 4 is 52.6 Å². The van der Waals surface area contributed by atoms with E-state index < -0.39 is 35.6 Å². The summed E-state index contributed by atoms with van der Waals surface area (Å²) >= 11 is 6.21. The lowest BCUT2D eigenvalue weighted by Gasteiger charge is -2.36. The fourth-order valence-electron chi connectivity index (χ4n) is 3.17. The molecular formula is C23H32ClN7O6. The smallest absolute Gasteiger partial charge is 0.303 e. The van der Waals surface area contributed by atoms with Gasteiger partial charge in [0.1, 0.15) is 36.7 Å². The monoisotopic (exact) mass is 537 g/mol. The van der Waals surface area contributed by atoms with Crippen LogP contribution in [0.4, 0.5) is 5.69 Å². The van der Waals surface area contributed by atoms with E-state index in [-0.39, 0.29) is 30.7 Å². The number of nitrogens with one attached hydrogen (secondary N) is 2. The Labute approximate surface area is 219 Å². The van der Waals surface area contributed by atoms with Gasteiger partial charge in [0.25, 0.3) is 5.91 Å². The lowest BCUT2D eigenvalue weighted by atomic mass is 10.1. The molecule has 1 amide bonds. The Hall–Kier alpha value is -3.71. The predicted octanol–water partition coefficient (Wildman–Crippen LogP) is 0.879. The third-order valence-electron chi connectivity index (χ3n) is 4.92. The minimum atomic E-state index is -1.15. The van der Waals surface area contributed by atoms with Gasteiger partial charge >= 0.3 is 11.9 Å². The van der Waals surface area contributed by atoms with E-state index in [1.807, 2.05) is 6.92 Å². The Bertz CT molecular complexity index is 1050. The maximum Gasteiger partial charge on any atom is 0.303 e. The molecule has 14 heteroatoms. The molecule has 3 unspecified atom stereocenters. The van der Waals surface area contributed by atoms with Crippen molar-refractivity contribution in [2.45, 2.75) is 51.4 Å². The lowest BCUT2D eigenvalue weighted by Crippen LogP contribution is -2.61. The van der Waals surface area contributed by atoms with Crippen molar-refractivity contribution in [1.29, 1.82) is 5.41 Å².